The summed E-state index contributed by atoms with van der Waals surface area (Å²) in [5, 5.41) is 2.00. The molecule has 0 aliphatic heterocycles. The van der Waals surface area contributed by atoms with E-state index in [1.54, 1.807) is 41.5 Å². The average Bonchev–Trinajstić information content (AvgIpc) is 3.25. The molecule has 0 fully saturated rings. The Balaban J connectivity index is 0.00000300. The first-order chi connectivity index (χ1) is 13.7. The molecule has 2 aromatic carbocycles. The van der Waals surface area contributed by atoms with Gasteiger partial charge in [-0.1, -0.05) is 36.4 Å². The Morgan fingerprint density at radius 1 is 1.07 bits per heavy atom. The maximum atomic E-state index is 13.0. The van der Waals surface area contributed by atoms with Crippen LogP contribution < -0.4 is 15.2 Å². The molecule has 0 unspecified atom stereocenters. The number of nitrogens with zero attached hydrogens (tertiary/aromatic N) is 1. The smallest absolute Gasteiger partial charge is 0.254 e. The molecule has 0 radical (unpaired) electrons. The first-order valence-corrected chi connectivity index (χ1v) is 9.95. The van der Waals surface area contributed by atoms with Crippen LogP contribution >= 0.6 is 23.7 Å². The minimum atomic E-state index is -0.0771. The summed E-state index contributed by atoms with van der Waals surface area (Å²) in [5.74, 6) is 1.06. The summed E-state index contributed by atoms with van der Waals surface area (Å²) >= 11 is 1.62. The quantitative estimate of drug-likeness (QED) is 0.545. The van der Waals surface area contributed by atoms with E-state index in [9.17, 15) is 4.79 Å². The third-order valence-corrected chi connectivity index (χ3v) is 5.12. The molecule has 0 saturated heterocycles. The number of thiophene rings is 1. The topological polar surface area (TPSA) is 64.8 Å². The Morgan fingerprint density at radius 3 is 2.52 bits per heavy atom. The fourth-order valence-corrected chi connectivity index (χ4v) is 3.56. The van der Waals surface area contributed by atoms with Gasteiger partial charge in [-0.2, -0.15) is 0 Å². The number of methoxy groups -OCH3 is 1. The fourth-order valence-electron chi connectivity index (χ4n) is 2.84. The van der Waals surface area contributed by atoms with Crippen molar-refractivity contribution in [1.82, 2.24) is 4.90 Å². The van der Waals surface area contributed by atoms with Crippen LogP contribution in [-0.4, -0.2) is 31.0 Å². The van der Waals surface area contributed by atoms with E-state index in [0.717, 1.165) is 10.4 Å². The second-order valence-electron chi connectivity index (χ2n) is 6.23. The molecule has 0 saturated carbocycles. The summed E-state index contributed by atoms with van der Waals surface area (Å²) in [4.78, 5) is 15.9. The van der Waals surface area contributed by atoms with Gasteiger partial charge in [0.05, 0.1) is 13.7 Å². The largest absolute Gasteiger partial charge is 0.493 e. The van der Waals surface area contributed by atoms with E-state index >= 15 is 0 Å². The zero-order chi connectivity index (χ0) is 19.8. The molecule has 7 heteroatoms. The summed E-state index contributed by atoms with van der Waals surface area (Å²) in [7, 11) is 1.57. The molecule has 1 heterocycles. The predicted octanol–water partition coefficient (Wildman–Crippen LogP) is 4.36. The maximum absolute atomic E-state index is 13.0. The normalized spacial score (nSPS) is 10.1. The Labute approximate surface area is 181 Å². The van der Waals surface area contributed by atoms with Gasteiger partial charge in [0, 0.05) is 23.5 Å². The molecule has 5 nitrogen and oxygen atoms in total. The number of hydrogen-bond donors (Lipinski definition) is 1. The van der Waals surface area contributed by atoms with E-state index in [2.05, 4.69) is 0 Å². The molecule has 2 N–H and O–H groups in total. The van der Waals surface area contributed by atoms with Crippen LogP contribution in [0.25, 0.3) is 0 Å². The molecular weight excluding hydrogens is 408 g/mol. The average molecular weight is 433 g/mol. The molecule has 0 aliphatic rings. The van der Waals surface area contributed by atoms with E-state index in [4.69, 9.17) is 15.2 Å². The third kappa shape index (κ3) is 6.22. The Morgan fingerprint density at radius 2 is 1.86 bits per heavy atom. The number of ether oxygens (including phenoxy) is 2. The Kier molecular flexibility index (Phi) is 8.99. The fraction of sp³-hybridized carbons (Fsp3) is 0.227. The summed E-state index contributed by atoms with van der Waals surface area (Å²) in [6.45, 7) is 1.88. The number of nitrogens with two attached hydrogens (primary N) is 1. The van der Waals surface area contributed by atoms with E-state index in [1.807, 2.05) is 47.8 Å². The van der Waals surface area contributed by atoms with Crippen molar-refractivity contribution in [3.63, 3.8) is 0 Å². The van der Waals surface area contributed by atoms with Crippen LogP contribution in [0.4, 0.5) is 0 Å². The highest BCUT2D eigenvalue weighted by atomic mass is 35.5. The zero-order valence-electron chi connectivity index (χ0n) is 16.2. The van der Waals surface area contributed by atoms with Crippen molar-refractivity contribution >= 4 is 29.7 Å². The van der Waals surface area contributed by atoms with Crippen molar-refractivity contribution in [2.75, 3.05) is 20.2 Å². The van der Waals surface area contributed by atoms with Gasteiger partial charge >= 0.3 is 0 Å². The van der Waals surface area contributed by atoms with E-state index in [-0.39, 0.29) is 18.3 Å². The van der Waals surface area contributed by atoms with E-state index < -0.39 is 0 Å². The van der Waals surface area contributed by atoms with Gasteiger partial charge in [-0.3, -0.25) is 4.79 Å². The summed E-state index contributed by atoms with van der Waals surface area (Å²) in [5.41, 5.74) is 7.33. The van der Waals surface area contributed by atoms with Gasteiger partial charge in [0.2, 0.25) is 0 Å². The maximum Gasteiger partial charge on any atom is 0.254 e. The van der Waals surface area contributed by atoms with Crippen molar-refractivity contribution in [3.05, 3.63) is 82.0 Å². The number of rotatable bonds is 9. The lowest BCUT2D eigenvalue weighted by Gasteiger charge is -2.22. The molecule has 0 aliphatic carbocycles. The van der Waals surface area contributed by atoms with E-state index in [1.165, 1.54) is 0 Å². The van der Waals surface area contributed by atoms with Crippen molar-refractivity contribution in [3.8, 4) is 11.5 Å². The molecule has 0 bridgehead atoms. The second kappa shape index (κ2) is 11.5. The van der Waals surface area contributed by atoms with Crippen molar-refractivity contribution in [1.29, 1.82) is 0 Å². The Hall–Kier alpha value is -2.54. The lowest BCUT2D eigenvalue weighted by molar-refractivity contribution is 0.0749. The van der Waals surface area contributed by atoms with Gasteiger partial charge in [0.15, 0.2) is 11.5 Å². The van der Waals surface area contributed by atoms with Gasteiger partial charge < -0.3 is 20.1 Å². The summed E-state index contributed by atoms with van der Waals surface area (Å²) < 4.78 is 11.3. The van der Waals surface area contributed by atoms with Crippen LogP contribution in [0.15, 0.2) is 66.0 Å². The molecule has 3 rings (SSSR count). The van der Waals surface area contributed by atoms with Crippen LogP contribution in [0.2, 0.25) is 0 Å². The molecule has 154 valence electrons. The number of halogens is 1. The van der Waals surface area contributed by atoms with Gasteiger partial charge in [0.1, 0.15) is 6.61 Å². The molecule has 1 amide bonds. The highest BCUT2D eigenvalue weighted by molar-refractivity contribution is 7.09. The van der Waals surface area contributed by atoms with Gasteiger partial charge in [0.25, 0.3) is 5.91 Å². The number of hydrogen-bond acceptors (Lipinski definition) is 5. The van der Waals surface area contributed by atoms with Crippen LogP contribution in [-0.2, 0) is 13.2 Å². The molecule has 3 aromatic rings. The van der Waals surface area contributed by atoms with Crippen molar-refractivity contribution in [2.24, 2.45) is 5.73 Å². The third-order valence-electron chi connectivity index (χ3n) is 4.26. The highest BCUT2D eigenvalue weighted by Gasteiger charge is 2.18. The minimum absolute atomic E-state index is 0. The Bertz CT molecular complexity index is 888. The van der Waals surface area contributed by atoms with Crippen molar-refractivity contribution in [2.45, 2.75) is 13.2 Å². The summed E-state index contributed by atoms with van der Waals surface area (Å²) in [6.07, 6.45) is 0. The first kappa shape index (κ1) is 22.7. The second-order valence-corrected chi connectivity index (χ2v) is 7.27. The standard InChI is InChI=1S/C22H24N2O3S.ClH/c1-26-21-14-18(9-10-20(21)27-16-17-6-3-2-4-7-17)22(25)24(12-11-23)15-19-8-5-13-28-19;/h2-10,13-14H,11-12,15-16,23H2,1H3;1H. The number of benzene rings is 2. The lowest BCUT2D eigenvalue weighted by atomic mass is 10.1. The van der Waals surface area contributed by atoms with Crippen LogP contribution in [0.5, 0.6) is 11.5 Å². The van der Waals surface area contributed by atoms with Gasteiger partial charge in [-0.15, -0.1) is 23.7 Å². The van der Waals surface area contributed by atoms with Gasteiger partial charge in [-0.25, -0.2) is 0 Å². The predicted molar refractivity (Wildman–Crippen MR) is 119 cm³/mol. The summed E-state index contributed by atoms with van der Waals surface area (Å²) in [6, 6.07) is 19.2. The number of carbonyl (C=O) groups is 1. The number of carbonyl (C=O) groups excluding carboxylic acids is 1. The molecule has 0 atom stereocenters. The molecule has 29 heavy (non-hydrogen) atoms. The molecular formula is C22H25ClN2O3S. The SMILES string of the molecule is COc1cc(C(=O)N(CCN)Cc2cccs2)ccc1OCc1ccccc1.Cl. The van der Waals surface area contributed by atoms with Crippen molar-refractivity contribution < 1.29 is 14.3 Å². The van der Waals surface area contributed by atoms with Crippen LogP contribution in [0, 0.1) is 0 Å². The van der Waals surface area contributed by atoms with Gasteiger partial charge in [-0.05, 0) is 35.2 Å². The zero-order valence-corrected chi connectivity index (χ0v) is 17.9. The highest BCUT2D eigenvalue weighted by Crippen LogP contribution is 2.29. The van der Waals surface area contributed by atoms with E-state index in [0.29, 0.717) is 43.3 Å². The molecule has 0 spiro atoms. The van der Waals surface area contributed by atoms with Crippen LogP contribution in [0.3, 0.4) is 0 Å². The number of amides is 1. The first-order valence-electron chi connectivity index (χ1n) is 9.07. The monoisotopic (exact) mass is 432 g/mol. The van der Waals surface area contributed by atoms with Crippen LogP contribution in [0.1, 0.15) is 20.8 Å². The minimum Gasteiger partial charge on any atom is -0.493 e. The molecule has 1 aromatic heterocycles. The lowest BCUT2D eigenvalue weighted by Crippen LogP contribution is -2.34.